The Balaban J connectivity index is 1.45. The maximum Gasteiger partial charge on any atom is 0.261 e. The third kappa shape index (κ3) is 6.04. The lowest BCUT2D eigenvalue weighted by Crippen LogP contribution is -2.24. The molecule has 0 saturated heterocycles. The number of hydrogen-bond donors (Lipinski definition) is 2. The second-order valence-corrected chi connectivity index (χ2v) is 9.59. The molecular weight excluding hydrogens is 466 g/mol. The lowest BCUT2D eigenvalue weighted by molar-refractivity contribution is 0.0950. The summed E-state index contributed by atoms with van der Waals surface area (Å²) < 4.78 is 35.1. The van der Waals surface area contributed by atoms with E-state index in [-0.39, 0.29) is 10.8 Å². The predicted molar refractivity (Wildman–Crippen MR) is 132 cm³/mol. The molecule has 0 atom stereocenters. The van der Waals surface area contributed by atoms with E-state index in [4.69, 9.17) is 4.74 Å². The molecule has 1 heterocycles. The fourth-order valence-electron chi connectivity index (χ4n) is 3.50. The summed E-state index contributed by atoms with van der Waals surface area (Å²) in [5.74, 6) is 0.261. The third-order valence-electron chi connectivity index (χ3n) is 5.36. The topological polar surface area (TPSA) is 115 Å². The standard InChI is InChI=1S/C25H25N5O4S/c1-18-6-11-23(35(32,33)29-21-7-9-22(34-2)10-8-21)13-24(18)25(31)27-14-19-4-3-5-20(12-19)15-30-17-26-16-28-30/h3-13,16-17,29H,14-15H2,1-2H3,(H,27,31). The molecule has 0 fully saturated rings. The summed E-state index contributed by atoms with van der Waals surface area (Å²) in [6.07, 6.45) is 3.12. The summed E-state index contributed by atoms with van der Waals surface area (Å²) >= 11 is 0. The Kier molecular flexibility index (Phi) is 7.11. The molecule has 0 aliphatic carbocycles. The van der Waals surface area contributed by atoms with Crippen LogP contribution in [0, 0.1) is 6.92 Å². The smallest absolute Gasteiger partial charge is 0.261 e. The number of aryl methyl sites for hydroxylation is 1. The normalized spacial score (nSPS) is 11.1. The molecule has 180 valence electrons. The molecular formula is C25H25N5O4S. The van der Waals surface area contributed by atoms with Crippen LogP contribution in [0.5, 0.6) is 5.75 Å². The van der Waals surface area contributed by atoms with Gasteiger partial charge in [-0.1, -0.05) is 30.3 Å². The van der Waals surface area contributed by atoms with Crippen LogP contribution in [0.1, 0.15) is 27.0 Å². The molecule has 4 rings (SSSR count). The lowest BCUT2D eigenvalue weighted by Gasteiger charge is -2.12. The Morgan fingerprint density at radius 1 is 1.03 bits per heavy atom. The molecule has 0 saturated carbocycles. The van der Waals surface area contributed by atoms with Gasteiger partial charge in [0, 0.05) is 17.8 Å². The van der Waals surface area contributed by atoms with E-state index in [1.165, 1.54) is 25.6 Å². The number of sulfonamides is 1. The molecule has 0 aliphatic rings. The highest BCUT2D eigenvalue weighted by Gasteiger charge is 2.18. The molecule has 9 nitrogen and oxygen atoms in total. The van der Waals surface area contributed by atoms with E-state index in [9.17, 15) is 13.2 Å². The van der Waals surface area contributed by atoms with E-state index in [0.29, 0.717) is 35.7 Å². The highest BCUT2D eigenvalue weighted by Crippen LogP contribution is 2.21. The van der Waals surface area contributed by atoms with Crippen LogP contribution in [0.25, 0.3) is 0 Å². The van der Waals surface area contributed by atoms with Crippen LogP contribution >= 0.6 is 0 Å². The van der Waals surface area contributed by atoms with Gasteiger partial charge in [-0.25, -0.2) is 18.1 Å². The largest absolute Gasteiger partial charge is 0.497 e. The molecule has 0 aliphatic heterocycles. The number of anilines is 1. The molecule has 1 aromatic heterocycles. The van der Waals surface area contributed by atoms with Crippen molar-refractivity contribution in [2.45, 2.75) is 24.9 Å². The Labute approximate surface area is 203 Å². The maximum atomic E-state index is 12.9. The monoisotopic (exact) mass is 491 g/mol. The van der Waals surface area contributed by atoms with Gasteiger partial charge in [0.05, 0.1) is 18.6 Å². The van der Waals surface area contributed by atoms with Crippen molar-refractivity contribution in [1.29, 1.82) is 0 Å². The van der Waals surface area contributed by atoms with Crippen molar-refractivity contribution >= 4 is 21.6 Å². The molecule has 3 aromatic carbocycles. The van der Waals surface area contributed by atoms with E-state index in [0.717, 1.165) is 11.1 Å². The SMILES string of the molecule is COc1ccc(NS(=O)(=O)c2ccc(C)c(C(=O)NCc3cccc(Cn4cncn4)c3)c2)cc1. The van der Waals surface area contributed by atoms with Gasteiger partial charge in [-0.2, -0.15) is 5.10 Å². The van der Waals surface area contributed by atoms with Crippen LogP contribution in [0.3, 0.4) is 0 Å². The Morgan fingerprint density at radius 3 is 2.51 bits per heavy atom. The fraction of sp³-hybridized carbons (Fsp3) is 0.160. The maximum absolute atomic E-state index is 12.9. The average Bonchev–Trinajstić information content (AvgIpc) is 3.36. The zero-order valence-electron chi connectivity index (χ0n) is 19.3. The van der Waals surface area contributed by atoms with Crippen LogP contribution in [-0.4, -0.2) is 36.2 Å². The van der Waals surface area contributed by atoms with Crippen LogP contribution < -0.4 is 14.8 Å². The number of amides is 1. The first-order chi connectivity index (χ1) is 16.8. The minimum atomic E-state index is -3.89. The number of rotatable bonds is 9. The number of carbonyl (C=O) groups is 1. The van der Waals surface area contributed by atoms with E-state index >= 15 is 0 Å². The van der Waals surface area contributed by atoms with E-state index < -0.39 is 10.0 Å². The molecule has 10 heteroatoms. The van der Waals surface area contributed by atoms with E-state index in [1.54, 1.807) is 48.3 Å². The van der Waals surface area contributed by atoms with Crippen molar-refractivity contribution in [2.75, 3.05) is 11.8 Å². The van der Waals surface area contributed by atoms with Gasteiger partial charge < -0.3 is 10.1 Å². The number of carbonyl (C=O) groups excluding carboxylic acids is 1. The minimum Gasteiger partial charge on any atom is -0.497 e. The van der Waals surface area contributed by atoms with Crippen LogP contribution in [0.4, 0.5) is 5.69 Å². The lowest BCUT2D eigenvalue weighted by atomic mass is 10.1. The molecule has 2 N–H and O–H groups in total. The number of ether oxygens (including phenoxy) is 1. The molecule has 0 radical (unpaired) electrons. The van der Waals surface area contributed by atoms with Gasteiger partial charge in [-0.05, 0) is 60.0 Å². The number of nitrogens with one attached hydrogen (secondary N) is 2. The van der Waals surface area contributed by atoms with Gasteiger partial charge in [0.25, 0.3) is 15.9 Å². The molecule has 0 spiro atoms. The van der Waals surface area contributed by atoms with Gasteiger partial charge in [0.2, 0.25) is 0 Å². The molecule has 35 heavy (non-hydrogen) atoms. The summed E-state index contributed by atoms with van der Waals surface area (Å²) in [7, 11) is -2.35. The summed E-state index contributed by atoms with van der Waals surface area (Å²) in [6, 6.07) is 18.8. The first kappa shape index (κ1) is 24.0. The number of hydrogen-bond acceptors (Lipinski definition) is 6. The van der Waals surface area contributed by atoms with Crippen LogP contribution in [0.15, 0.2) is 84.3 Å². The predicted octanol–water partition coefficient (Wildman–Crippen LogP) is 3.37. The zero-order valence-corrected chi connectivity index (χ0v) is 20.1. The van der Waals surface area contributed by atoms with Gasteiger partial charge in [0.1, 0.15) is 18.4 Å². The molecule has 0 unspecified atom stereocenters. The quantitative estimate of drug-likeness (QED) is 0.371. The van der Waals surface area contributed by atoms with E-state index in [2.05, 4.69) is 20.1 Å². The van der Waals surface area contributed by atoms with Crippen molar-refractivity contribution in [3.05, 3.63) is 102 Å². The molecule has 0 bridgehead atoms. The van der Waals surface area contributed by atoms with Crippen molar-refractivity contribution in [3.63, 3.8) is 0 Å². The minimum absolute atomic E-state index is 0.00102. The first-order valence-corrected chi connectivity index (χ1v) is 12.3. The van der Waals surface area contributed by atoms with Crippen molar-refractivity contribution in [2.24, 2.45) is 0 Å². The van der Waals surface area contributed by atoms with Gasteiger partial charge in [-0.3, -0.25) is 9.52 Å². The second-order valence-electron chi connectivity index (χ2n) is 7.91. The highest BCUT2D eigenvalue weighted by molar-refractivity contribution is 7.92. The summed E-state index contributed by atoms with van der Waals surface area (Å²) in [6.45, 7) is 2.63. The summed E-state index contributed by atoms with van der Waals surface area (Å²) in [5, 5.41) is 6.98. The number of methoxy groups -OCH3 is 1. The van der Waals surface area contributed by atoms with Gasteiger partial charge >= 0.3 is 0 Å². The van der Waals surface area contributed by atoms with E-state index in [1.807, 2.05) is 24.3 Å². The number of nitrogens with zero attached hydrogens (tertiary/aromatic N) is 3. The van der Waals surface area contributed by atoms with Gasteiger partial charge in [0.15, 0.2) is 0 Å². The summed E-state index contributed by atoms with van der Waals surface area (Å²) in [4.78, 5) is 16.9. The van der Waals surface area contributed by atoms with Crippen LogP contribution in [0.2, 0.25) is 0 Å². The molecule has 1 amide bonds. The third-order valence-corrected chi connectivity index (χ3v) is 6.74. The average molecular weight is 492 g/mol. The Bertz CT molecular complexity index is 1420. The second kappa shape index (κ2) is 10.4. The number of aromatic nitrogens is 3. The van der Waals surface area contributed by atoms with Crippen molar-refractivity contribution < 1.29 is 17.9 Å². The highest BCUT2D eigenvalue weighted by atomic mass is 32.2. The fourth-order valence-corrected chi connectivity index (χ4v) is 4.59. The molecule has 4 aromatic rings. The van der Waals surface area contributed by atoms with Crippen molar-refractivity contribution in [3.8, 4) is 5.75 Å². The Hall–Kier alpha value is -4.18. The first-order valence-electron chi connectivity index (χ1n) is 10.8. The zero-order chi connectivity index (χ0) is 24.8. The number of benzene rings is 3. The summed E-state index contributed by atoms with van der Waals surface area (Å²) in [5.41, 5.74) is 3.30. The van der Waals surface area contributed by atoms with Gasteiger partial charge in [-0.15, -0.1) is 0 Å². The Morgan fingerprint density at radius 2 is 1.80 bits per heavy atom. The van der Waals surface area contributed by atoms with Crippen molar-refractivity contribution in [1.82, 2.24) is 20.1 Å². The van der Waals surface area contributed by atoms with Crippen LogP contribution in [-0.2, 0) is 23.1 Å².